The molecule has 6 nitrogen and oxygen atoms in total. The molecule has 1 aromatic heterocycles. The number of guanidine groups is 1. The third-order valence-corrected chi connectivity index (χ3v) is 3.51. The number of rotatable bonds is 4. The number of hydrogen-bond acceptors (Lipinski definition) is 4. The van der Waals surface area contributed by atoms with Crippen LogP contribution in [-0.4, -0.2) is 24.1 Å². The predicted octanol–water partition coefficient (Wildman–Crippen LogP) is 1.33. The van der Waals surface area contributed by atoms with Gasteiger partial charge in [0.05, 0.1) is 13.7 Å². The highest BCUT2D eigenvalue weighted by Crippen LogP contribution is 2.17. The summed E-state index contributed by atoms with van der Waals surface area (Å²) in [5.74, 6) is 6.77. The van der Waals surface area contributed by atoms with Gasteiger partial charge in [0.25, 0.3) is 0 Å². The van der Waals surface area contributed by atoms with Crippen molar-refractivity contribution in [2.75, 3.05) is 7.11 Å². The molecule has 110 valence electrons. The van der Waals surface area contributed by atoms with Gasteiger partial charge in [-0.15, -0.1) is 0 Å². The van der Waals surface area contributed by atoms with E-state index in [2.05, 4.69) is 20.7 Å². The Morgan fingerprint density at radius 3 is 2.80 bits per heavy atom. The van der Waals surface area contributed by atoms with E-state index in [9.17, 15) is 0 Å². The number of pyridine rings is 1. The zero-order valence-corrected chi connectivity index (χ0v) is 11.9. The van der Waals surface area contributed by atoms with Crippen LogP contribution in [-0.2, 0) is 6.54 Å². The standard InChI is InChI=1S/C14H23N5O/c1-20-13-8-7-11(9-16-13)10-17-14(19-15)18-12-5-3-2-4-6-12/h7-9,12H,2-6,10,15H2,1H3,(H2,17,18,19). The highest BCUT2D eigenvalue weighted by atomic mass is 16.5. The lowest BCUT2D eigenvalue weighted by atomic mass is 9.96. The summed E-state index contributed by atoms with van der Waals surface area (Å²) >= 11 is 0. The lowest BCUT2D eigenvalue weighted by Crippen LogP contribution is -2.47. The fraction of sp³-hybridized carbons (Fsp3) is 0.571. The van der Waals surface area contributed by atoms with Crippen LogP contribution in [0.1, 0.15) is 37.7 Å². The van der Waals surface area contributed by atoms with Crippen molar-refractivity contribution >= 4 is 5.96 Å². The lowest BCUT2D eigenvalue weighted by Gasteiger charge is -2.24. The Bertz CT molecular complexity index is 426. The molecule has 0 radical (unpaired) electrons. The van der Waals surface area contributed by atoms with E-state index in [0.29, 0.717) is 24.4 Å². The summed E-state index contributed by atoms with van der Waals surface area (Å²) in [7, 11) is 1.60. The minimum Gasteiger partial charge on any atom is -0.481 e. The normalized spacial score (nSPS) is 16.8. The van der Waals surface area contributed by atoms with E-state index in [4.69, 9.17) is 10.6 Å². The van der Waals surface area contributed by atoms with Crippen LogP contribution in [0.25, 0.3) is 0 Å². The maximum Gasteiger partial charge on any atom is 0.212 e. The molecule has 4 N–H and O–H groups in total. The number of aliphatic imine (C=N–C) groups is 1. The molecule has 1 aliphatic carbocycles. The number of nitrogens with two attached hydrogens (primary N) is 1. The van der Waals surface area contributed by atoms with Crippen molar-refractivity contribution in [1.82, 2.24) is 15.7 Å². The average Bonchev–Trinajstić information content (AvgIpc) is 2.53. The molecule has 0 spiro atoms. The van der Waals surface area contributed by atoms with Crippen LogP contribution in [0.4, 0.5) is 0 Å². The lowest BCUT2D eigenvalue weighted by molar-refractivity contribution is 0.397. The topological polar surface area (TPSA) is 84.6 Å². The van der Waals surface area contributed by atoms with E-state index >= 15 is 0 Å². The van der Waals surface area contributed by atoms with Crippen LogP contribution in [0.3, 0.4) is 0 Å². The van der Waals surface area contributed by atoms with Crippen molar-refractivity contribution in [3.05, 3.63) is 23.9 Å². The van der Waals surface area contributed by atoms with Gasteiger partial charge in [-0.25, -0.2) is 15.8 Å². The van der Waals surface area contributed by atoms with Crippen LogP contribution in [0.15, 0.2) is 23.3 Å². The number of ether oxygens (including phenoxy) is 1. The van der Waals surface area contributed by atoms with E-state index in [-0.39, 0.29) is 0 Å². The summed E-state index contributed by atoms with van der Waals surface area (Å²) in [6, 6.07) is 4.26. The van der Waals surface area contributed by atoms with Crippen molar-refractivity contribution in [3.63, 3.8) is 0 Å². The van der Waals surface area contributed by atoms with E-state index in [1.807, 2.05) is 12.1 Å². The molecule has 0 saturated heterocycles. The average molecular weight is 277 g/mol. The fourth-order valence-electron chi connectivity index (χ4n) is 2.37. The van der Waals surface area contributed by atoms with Gasteiger partial charge < -0.3 is 10.1 Å². The third kappa shape index (κ3) is 4.38. The quantitative estimate of drug-likeness (QED) is 0.335. The second-order valence-electron chi connectivity index (χ2n) is 5.00. The molecule has 1 fully saturated rings. The Morgan fingerprint density at radius 1 is 1.40 bits per heavy atom. The Morgan fingerprint density at radius 2 is 2.20 bits per heavy atom. The molecule has 0 unspecified atom stereocenters. The number of nitrogens with zero attached hydrogens (tertiary/aromatic N) is 2. The highest BCUT2D eigenvalue weighted by Gasteiger charge is 2.14. The Labute approximate surface area is 119 Å². The number of hydrogen-bond donors (Lipinski definition) is 3. The molecule has 0 aliphatic heterocycles. The van der Waals surface area contributed by atoms with E-state index in [1.165, 1.54) is 32.1 Å². The van der Waals surface area contributed by atoms with Crippen LogP contribution < -0.4 is 21.3 Å². The Balaban J connectivity index is 1.88. The predicted molar refractivity (Wildman–Crippen MR) is 79.3 cm³/mol. The SMILES string of the molecule is COc1ccc(CN=C(NN)NC2CCCCC2)cn1. The molecule has 1 heterocycles. The number of methoxy groups -OCH3 is 1. The van der Waals surface area contributed by atoms with Gasteiger partial charge in [0.1, 0.15) is 0 Å². The summed E-state index contributed by atoms with van der Waals surface area (Å²) in [5.41, 5.74) is 3.65. The minimum atomic E-state index is 0.479. The molecule has 6 heteroatoms. The van der Waals surface area contributed by atoms with Gasteiger partial charge in [-0.05, 0) is 18.4 Å². The summed E-state index contributed by atoms with van der Waals surface area (Å²) < 4.78 is 5.02. The van der Waals surface area contributed by atoms with Crippen LogP contribution in [0, 0.1) is 0 Å². The van der Waals surface area contributed by atoms with Crippen LogP contribution in [0.2, 0.25) is 0 Å². The fourth-order valence-corrected chi connectivity index (χ4v) is 2.37. The first-order valence-corrected chi connectivity index (χ1v) is 7.08. The first-order chi connectivity index (χ1) is 9.81. The second-order valence-corrected chi connectivity index (χ2v) is 5.00. The molecular formula is C14H23N5O. The Kier molecular flexibility index (Phi) is 5.61. The van der Waals surface area contributed by atoms with Crippen LogP contribution in [0.5, 0.6) is 5.88 Å². The first kappa shape index (κ1) is 14.6. The zero-order chi connectivity index (χ0) is 14.2. The molecule has 1 aliphatic rings. The van der Waals surface area contributed by atoms with Crippen molar-refractivity contribution in [1.29, 1.82) is 0 Å². The van der Waals surface area contributed by atoms with Gasteiger partial charge in [-0.2, -0.15) is 0 Å². The number of hydrazine groups is 1. The van der Waals surface area contributed by atoms with Gasteiger partial charge >= 0.3 is 0 Å². The largest absolute Gasteiger partial charge is 0.481 e. The van der Waals surface area contributed by atoms with Gasteiger partial charge in [-0.3, -0.25) is 5.43 Å². The van der Waals surface area contributed by atoms with E-state index in [0.717, 1.165) is 5.56 Å². The maximum atomic E-state index is 5.52. The zero-order valence-electron chi connectivity index (χ0n) is 11.9. The summed E-state index contributed by atoms with van der Waals surface area (Å²) in [4.78, 5) is 8.60. The molecule has 0 amide bonds. The van der Waals surface area contributed by atoms with Gasteiger partial charge in [0.15, 0.2) is 0 Å². The van der Waals surface area contributed by atoms with E-state index in [1.54, 1.807) is 13.3 Å². The molecule has 1 aromatic rings. The highest BCUT2D eigenvalue weighted by molar-refractivity contribution is 5.79. The van der Waals surface area contributed by atoms with Crippen molar-refractivity contribution in [2.45, 2.75) is 44.7 Å². The second kappa shape index (κ2) is 7.69. The van der Waals surface area contributed by atoms with Gasteiger partial charge in [0.2, 0.25) is 11.8 Å². The molecule has 0 atom stereocenters. The van der Waals surface area contributed by atoms with Crippen molar-refractivity contribution < 1.29 is 4.74 Å². The molecule has 20 heavy (non-hydrogen) atoms. The molecule has 1 saturated carbocycles. The van der Waals surface area contributed by atoms with Gasteiger partial charge in [-0.1, -0.05) is 25.3 Å². The van der Waals surface area contributed by atoms with Crippen molar-refractivity contribution in [2.24, 2.45) is 10.8 Å². The molecule has 0 bridgehead atoms. The number of aromatic nitrogens is 1. The third-order valence-electron chi connectivity index (χ3n) is 3.51. The maximum absolute atomic E-state index is 5.52. The molecule has 0 aromatic carbocycles. The summed E-state index contributed by atoms with van der Waals surface area (Å²) in [5, 5.41) is 3.37. The molecular weight excluding hydrogens is 254 g/mol. The molecule has 2 rings (SSSR count). The minimum absolute atomic E-state index is 0.479. The summed E-state index contributed by atoms with van der Waals surface area (Å²) in [6.07, 6.45) is 8.01. The monoisotopic (exact) mass is 277 g/mol. The number of nitrogens with one attached hydrogen (secondary N) is 2. The van der Waals surface area contributed by atoms with Gasteiger partial charge in [0, 0.05) is 18.3 Å². The first-order valence-electron chi connectivity index (χ1n) is 7.08. The smallest absolute Gasteiger partial charge is 0.212 e. The van der Waals surface area contributed by atoms with Crippen LogP contribution >= 0.6 is 0 Å². The summed E-state index contributed by atoms with van der Waals surface area (Å²) in [6.45, 7) is 0.538. The Hall–Kier alpha value is -1.82. The van der Waals surface area contributed by atoms with E-state index < -0.39 is 0 Å². The van der Waals surface area contributed by atoms with Crippen molar-refractivity contribution in [3.8, 4) is 5.88 Å².